The van der Waals surface area contributed by atoms with E-state index in [9.17, 15) is 15.3 Å². The summed E-state index contributed by atoms with van der Waals surface area (Å²) in [6.07, 6.45) is 0.459. The van der Waals surface area contributed by atoms with Gasteiger partial charge in [-0.3, -0.25) is 0 Å². The number of ether oxygens (including phenoxy) is 1. The zero-order chi connectivity index (χ0) is 17.4. The Balaban J connectivity index is 1.65. The second-order valence-corrected chi connectivity index (χ2v) is 7.09. The number of aromatic nitrogens is 2. The Morgan fingerprint density at radius 3 is 2.64 bits per heavy atom. The van der Waals surface area contributed by atoms with Crippen molar-refractivity contribution in [2.45, 2.75) is 23.7 Å². The highest BCUT2D eigenvalue weighted by Crippen LogP contribution is 2.31. The Hall–Kier alpha value is -2.06. The van der Waals surface area contributed by atoms with E-state index >= 15 is 0 Å². The van der Waals surface area contributed by atoms with Crippen molar-refractivity contribution in [1.29, 1.82) is 0 Å². The summed E-state index contributed by atoms with van der Waals surface area (Å²) in [5.74, 6) is 0.820. The standard InChI is InChI=1S/C18H18N2O4S/c21-13-10-25-18(16(23)15(13)22)24-14-7-4-8-20-9-12(19-17(14)20)11-5-2-1-3-6-11/h1-9,13,15-16,18,21-23H,10H2/t13-,15+,16-,18+/m1/s1. The summed E-state index contributed by atoms with van der Waals surface area (Å²) < 4.78 is 7.77. The Morgan fingerprint density at radius 1 is 1.04 bits per heavy atom. The molecule has 0 spiro atoms. The van der Waals surface area contributed by atoms with Gasteiger partial charge in [0.1, 0.15) is 12.2 Å². The lowest BCUT2D eigenvalue weighted by Crippen LogP contribution is -2.50. The summed E-state index contributed by atoms with van der Waals surface area (Å²) >= 11 is 1.27. The van der Waals surface area contributed by atoms with Crippen LogP contribution in [-0.4, -0.2) is 54.2 Å². The third kappa shape index (κ3) is 3.11. The molecule has 25 heavy (non-hydrogen) atoms. The van der Waals surface area contributed by atoms with Crippen LogP contribution in [0.3, 0.4) is 0 Å². The number of rotatable bonds is 3. The van der Waals surface area contributed by atoms with Crippen LogP contribution in [0.4, 0.5) is 0 Å². The van der Waals surface area contributed by atoms with Crippen LogP contribution < -0.4 is 4.74 Å². The molecule has 1 aliphatic rings. The lowest BCUT2D eigenvalue weighted by molar-refractivity contribution is -0.0784. The summed E-state index contributed by atoms with van der Waals surface area (Å²) in [7, 11) is 0. The van der Waals surface area contributed by atoms with E-state index in [0.29, 0.717) is 17.1 Å². The maximum absolute atomic E-state index is 10.1. The van der Waals surface area contributed by atoms with E-state index in [1.54, 1.807) is 6.07 Å². The first kappa shape index (κ1) is 16.4. The Labute approximate surface area is 148 Å². The van der Waals surface area contributed by atoms with E-state index in [0.717, 1.165) is 11.3 Å². The molecule has 0 aliphatic carbocycles. The number of hydrogen-bond donors (Lipinski definition) is 3. The van der Waals surface area contributed by atoms with E-state index in [1.165, 1.54) is 11.8 Å². The van der Waals surface area contributed by atoms with Gasteiger partial charge in [0.05, 0.1) is 11.8 Å². The largest absolute Gasteiger partial charge is 0.473 e. The van der Waals surface area contributed by atoms with Gasteiger partial charge in [0.2, 0.25) is 0 Å². The lowest BCUT2D eigenvalue weighted by Gasteiger charge is -2.34. The molecule has 2 aromatic heterocycles. The number of thioether (sulfide) groups is 1. The number of aliphatic hydroxyl groups excluding tert-OH is 3. The molecule has 0 amide bonds. The monoisotopic (exact) mass is 358 g/mol. The van der Waals surface area contributed by atoms with Crippen molar-refractivity contribution < 1.29 is 20.1 Å². The molecule has 0 unspecified atom stereocenters. The Kier molecular flexibility index (Phi) is 4.39. The Bertz CT molecular complexity index is 870. The summed E-state index contributed by atoms with van der Waals surface area (Å²) in [4.78, 5) is 4.64. The first-order valence-corrected chi connectivity index (χ1v) is 9.04. The van der Waals surface area contributed by atoms with E-state index in [2.05, 4.69) is 4.98 Å². The van der Waals surface area contributed by atoms with Crippen molar-refractivity contribution in [3.8, 4) is 17.0 Å². The van der Waals surface area contributed by atoms with E-state index in [4.69, 9.17) is 4.74 Å². The molecular weight excluding hydrogens is 340 g/mol. The van der Waals surface area contributed by atoms with Crippen LogP contribution in [-0.2, 0) is 0 Å². The fourth-order valence-corrected chi connectivity index (χ4v) is 3.95. The van der Waals surface area contributed by atoms with Crippen molar-refractivity contribution in [2.75, 3.05) is 5.75 Å². The molecule has 3 N–H and O–H groups in total. The normalized spacial score (nSPS) is 26.7. The maximum atomic E-state index is 10.1. The summed E-state index contributed by atoms with van der Waals surface area (Å²) in [6.45, 7) is 0. The van der Waals surface area contributed by atoms with E-state index in [1.807, 2.05) is 53.2 Å². The molecule has 0 bridgehead atoms. The van der Waals surface area contributed by atoms with Crippen LogP contribution in [0.1, 0.15) is 0 Å². The molecule has 130 valence electrons. The topological polar surface area (TPSA) is 87.2 Å². The van der Waals surface area contributed by atoms with Gasteiger partial charge in [0, 0.05) is 23.7 Å². The minimum atomic E-state index is -1.22. The van der Waals surface area contributed by atoms with Crippen LogP contribution in [0, 0.1) is 0 Å². The number of aliphatic hydroxyl groups is 3. The van der Waals surface area contributed by atoms with Gasteiger partial charge in [-0.25, -0.2) is 4.98 Å². The molecule has 0 radical (unpaired) electrons. The average Bonchev–Trinajstić information content (AvgIpc) is 3.08. The smallest absolute Gasteiger partial charge is 0.180 e. The minimum absolute atomic E-state index is 0.301. The van der Waals surface area contributed by atoms with Gasteiger partial charge in [0.15, 0.2) is 16.8 Å². The molecule has 7 heteroatoms. The van der Waals surface area contributed by atoms with Crippen LogP contribution >= 0.6 is 11.8 Å². The number of hydrogen-bond acceptors (Lipinski definition) is 6. The lowest BCUT2D eigenvalue weighted by atomic mass is 10.1. The molecule has 4 atom stereocenters. The predicted octanol–water partition coefficient (Wildman–Crippen LogP) is 1.54. The third-order valence-electron chi connectivity index (χ3n) is 4.21. The first-order valence-electron chi connectivity index (χ1n) is 7.99. The quantitative estimate of drug-likeness (QED) is 0.658. The van der Waals surface area contributed by atoms with Crippen molar-refractivity contribution in [3.05, 3.63) is 54.9 Å². The average molecular weight is 358 g/mol. The van der Waals surface area contributed by atoms with E-state index in [-0.39, 0.29) is 0 Å². The van der Waals surface area contributed by atoms with Crippen LogP contribution in [0.25, 0.3) is 16.9 Å². The molecule has 3 heterocycles. The number of imidazole rings is 1. The molecule has 0 saturated carbocycles. The summed E-state index contributed by atoms with van der Waals surface area (Å²) in [6, 6.07) is 13.5. The fourth-order valence-electron chi connectivity index (χ4n) is 2.84. The van der Waals surface area contributed by atoms with Crippen LogP contribution in [0.15, 0.2) is 54.9 Å². The van der Waals surface area contributed by atoms with Crippen LogP contribution in [0.2, 0.25) is 0 Å². The van der Waals surface area contributed by atoms with Gasteiger partial charge in [-0.05, 0) is 12.1 Å². The number of fused-ring (bicyclic) bond motifs is 1. The van der Waals surface area contributed by atoms with Gasteiger partial charge in [-0.1, -0.05) is 30.3 Å². The minimum Gasteiger partial charge on any atom is -0.473 e. The van der Waals surface area contributed by atoms with Crippen molar-refractivity contribution in [2.24, 2.45) is 0 Å². The van der Waals surface area contributed by atoms with Gasteiger partial charge in [0.25, 0.3) is 0 Å². The van der Waals surface area contributed by atoms with E-state index < -0.39 is 23.7 Å². The molecule has 4 rings (SSSR count). The molecule has 1 fully saturated rings. The molecule has 1 aliphatic heterocycles. The van der Waals surface area contributed by atoms with Gasteiger partial charge < -0.3 is 24.5 Å². The zero-order valence-electron chi connectivity index (χ0n) is 13.3. The first-order chi connectivity index (χ1) is 12.1. The number of benzene rings is 1. The molecular formula is C18H18N2O4S. The number of pyridine rings is 1. The summed E-state index contributed by atoms with van der Waals surface area (Å²) in [5.41, 5.74) is 1.79. The SMILES string of the molecule is O[C@@H]1[C@@H](O)[C@@H](Oc2cccn3cc(-c4ccccc4)nc23)SC[C@H]1O. The highest BCUT2D eigenvalue weighted by atomic mass is 32.2. The summed E-state index contributed by atoms with van der Waals surface area (Å²) in [5, 5.41) is 29.6. The highest BCUT2D eigenvalue weighted by molar-refractivity contribution is 7.99. The molecule has 1 aromatic carbocycles. The molecule has 3 aromatic rings. The maximum Gasteiger partial charge on any atom is 0.180 e. The second-order valence-electron chi connectivity index (χ2n) is 5.96. The molecule has 6 nitrogen and oxygen atoms in total. The third-order valence-corrected chi connectivity index (χ3v) is 5.45. The van der Waals surface area contributed by atoms with Crippen LogP contribution in [0.5, 0.6) is 5.75 Å². The van der Waals surface area contributed by atoms with Crippen molar-refractivity contribution in [3.63, 3.8) is 0 Å². The van der Waals surface area contributed by atoms with Gasteiger partial charge >= 0.3 is 0 Å². The second kappa shape index (κ2) is 6.68. The fraction of sp³-hybridized carbons (Fsp3) is 0.278. The van der Waals surface area contributed by atoms with Crippen molar-refractivity contribution >= 4 is 17.4 Å². The van der Waals surface area contributed by atoms with Crippen molar-refractivity contribution in [1.82, 2.24) is 9.38 Å². The highest BCUT2D eigenvalue weighted by Gasteiger charge is 2.38. The van der Waals surface area contributed by atoms with Gasteiger partial charge in [-0.2, -0.15) is 0 Å². The Morgan fingerprint density at radius 2 is 1.84 bits per heavy atom. The number of nitrogens with zero attached hydrogens (tertiary/aromatic N) is 2. The van der Waals surface area contributed by atoms with Gasteiger partial charge in [-0.15, -0.1) is 11.8 Å². The predicted molar refractivity (Wildman–Crippen MR) is 95.5 cm³/mol. The molecule has 1 saturated heterocycles. The zero-order valence-corrected chi connectivity index (χ0v) is 14.1.